The van der Waals surface area contributed by atoms with Crippen molar-refractivity contribution in [3.05, 3.63) is 0 Å². The number of halogens is 1. The van der Waals surface area contributed by atoms with Gasteiger partial charge in [0, 0.05) is 32.1 Å². The molecule has 1 aliphatic carbocycles. The van der Waals surface area contributed by atoms with Gasteiger partial charge in [0.1, 0.15) is 0 Å². The molecule has 1 amide bonds. The normalized spacial score (nSPS) is 16.5. The van der Waals surface area contributed by atoms with E-state index in [0.717, 1.165) is 18.8 Å². The first-order chi connectivity index (χ1) is 9.13. The highest BCUT2D eigenvalue weighted by Crippen LogP contribution is 2.23. The molecule has 5 nitrogen and oxygen atoms in total. The Kier molecular flexibility index (Phi) is 10.9. The predicted octanol–water partition coefficient (Wildman–Crippen LogP) is 1.87. The molecule has 1 fully saturated rings. The van der Waals surface area contributed by atoms with E-state index < -0.39 is 0 Å². The molecule has 0 aliphatic heterocycles. The molecule has 3 N–H and O–H groups in total. The molecular formula is C14H29IN4O. The first-order valence-corrected chi connectivity index (χ1v) is 7.38. The van der Waals surface area contributed by atoms with Crippen molar-refractivity contribution in [3.8, 4) is 0 Å². The van der Waals surface area contributed by atoms with Crippen molar-refractivity contribution in [1.29, 1.82) is 0 Å². The van der Waals surface area contributed by atoms with Crippen LogP contribution in [0.5, 0.6) is 0 Å². The molecule has 6 heteroatoms. The van der Waals surface area contributed by atoms with Crippen molar-refractivity contribution in [3.63, 3.8) is 0 Å². The number of carbonyl (C=O) groups is 1. The number of nitrogens with one attached hydrogen (secondary N) is 3. The molecule has 0 saturated heterocycles. The summed E-state index contributed by atoms with van der Waals surface area (Å²) in [7, 11) is 1.75. The van der Waals surface area contributed by atoms with Gasteiger partial charge in [-0.1, -0.05) is 19.3 Å². The Morgan fingerprint density at radius 2 is 1.75 bits per heavy atom. The molecule has 118 valence electrons. The summed E-state index contributed by atoms with van der Waals surface area (Å²) in [6, 6.07) is 0.350. The second-order valence-corrected chi connectivity index (χ2v) is 5.42. The zero-order valence-corrected chi connectivity index (χ0v) is 15.2. The summed E-state index contributed by atoms with van der Waals surface area (Å²) >= 11 is 0. The molecule has 0 aromatic carbocycles. The Morgan fingerprint density at radius 1 is 1.15 bits per heavy atom. The number of carbonyl (C=O) groups excluding carboxylic acids is 1. The van der Waals surface area contributed by atoms with E-state index in [1.807, 2.05) is 0 Å². The lowest BCUT2D eigenvalue weighted by Gasteiger charge is -2.21. The minimum absolute atomic E-state index is 0. The number of nitrogens with zero attached hydrogens (tertiary/aromatic N) is 1. The molecule has 1 rings (SSSR count). The average molecular weight is 396 g/mol. The maximum Gasteiger partial charge on any atom is 0.223 e. The standard InChI is InChI=1S/C14H28N4O.HI/c1-11(2)18-14(15-3)17-10-9-16-13(19)12-7-5-4-6-8-12;/h11-12H,4-10H2,1-3H3,(H,16,19)(H2,15,17,18);1H. The van der Waals surface area contributed by atoms with Crippen LogP contribution < -0.4 is 16.0 Å². The van der Waals surface area contributed by atoms with Gasteiger partial charge in [-0.25, -0.2) is 0 Å². The third kappa shape index (κ3) is 7.91. The van der Waals surface area contributed by atoms with Crippen LogP contribution in [-0.4, -0.2) is 38.0 Å². The molecule has 1 aliphatic rings. The fourth-order valence-electron chi connectivity index (χ4n) is 2.34. The minimum Gasteiger partial charge on any atom is -0.355 e. The van der Waals surface area contributed by atoms with Crippen LogP contribution in [0.2, 0.25) is 0 Å². The highest BCUT2D eigenvalue weighted by atomic mass is 127. The fraction of sp³-hybridized carbons (Fsp3) is 0.857. The van der Waals surface area contributed by atoms with E-state index in [1.54, 1.807) is 7.05 Å². The number of rotatable bonds is 5. The maximum absolute atomic E-state index is 11.9. The van der Waals surface area contributed by atoms with Gasteiger partial charge in [-0.3, -0.25) is 9.79 Å². The fourth-order valence-corrected chi connectivity index (χ4v) is 2.34. The van der Waals surface area contributed by atoms with Crippen LogP contribution in [0.4, 0.5) is 0 Å². The van der Waals surface area contributed by atoms with E-state index in [-0.39, 0.29) is 35.8 Å². The van der Waals surface area contributed by atoms with Crippen molar-refractivity contribution >= 4 is 35.8 Å². The van der Waals surface area contributed by atoms with Crippen LogP contribution >= 0.6 is 24.0 Å². The third-order valence-corrected chi connectivity index (χ3v) is 3.34. The lowest BCUT2D eigenvalue weighted by atomic mass is 9.89. The first kappa shape index (κ1) is 19.5. The monoisotopic (exact) mass is 396 g/mol. The maximum atomic E-state index is 11.9. The molecule has 20 heavy (non-hydrogen) atoms. The molecule has 1 saturated carbocycles. The smallest absolute Gasteiger partial charge is 0.223 e. The van der Waals surface area contributed by atoms with Crippen LogP contribution in [0, 0.1) is 5.92 Å². The summed E-state index contributed by atoms with van der Waals surface area (Å²) in [5.74, 6) is 1.23. The first-order valence-electron chi connectivity index (χ1n) is 7.38. The molecule has 0 heterocycles. The Bertz CT molecular complexity index is 302. The van der Waals surface area contributed by atoms with E-state index in [2.05, 4.69) is 34.8 Å². The molecule has 0 radical (unpaired) electrons. The van der Waals surface area contributed by atoms with Crippen LogP contribution in [0.15, 0.2) is 4.99 Å². The number of hydrogen-bond acceptors (Lipinski definition) is 2. The highest BCUT2D eigenvalue weighted by molar-refractivity contribution is 14.0. The molecule has 0 aromatic heterocycles. The minimum atomic E-state index is 0. The second-order valence-electron chi connectivity index (χ2n) is 5.42. The van der Waals surface area contributed by atoms with Gasteiger partial charge < -0.3 is 16.0 Å². The van der Waals surface area contributed by atoms with Gasteiger partial charge in [0.2, 0.25) is 5.91 Å². The number of aliphatic imine (C=N–C) groups is 1. The number of hydrogen-bond donors (Lipinski definition) is 3. The zero-order valence-electron chi connectivity index (χ0n) is 12.9. The van der Waals surface area contributed by atoms with Crippen LogP contribution in [0.25, 0.3) is 0 Å². The van der Waals surface area contributed by atoms with Crippen molar-refractivity contribution in [2.45, 2.75) is 52.0 Å². The van der Waals surface area contributed by atoms with Crippen LogP contribution in [0.1, 0.15) is 46.0 Å². The van der Waals surface area contributed by atoms with Gasteiger partial charge >= 0.3 is 0 Å². The topological polar surface area (TPSA) is 65.5 Å². The Morgan fingerprint density at radius 3 is 2.30 bits per heavy atom. The quantitative estimate of drug-likeness (QED) is 0.288. The Labute approximate surface area is 139 Å². The number of amides is 1. The van der Waals surface area contributed by atoms with E-state index in [1.165, 1.54) is 19.3 Å². The van der Waals surface area contributed by atoms with Crippen molar-refractivity contribution < 1.29 is 4.79 Å². The molecule has 0 unspecified atom stereocenters. The van der Waals surface area contributed by atoms with Crippen molar-refractivity contribution in [1.82, 2.24) is 16.0 Å². The Balaban J connectivity index is 0.00000361. The summed E-state index contributed by atoms with van der Waals surface area (Å²) in [5, 5.41) is 9.39. The van der Waals surface area contributed by atoms with Crippen LogP contribution in [-0.2, 0) is 4.79 Å². The summed E-state index contributed by atoms with van der Waals surface area (Å²) in [4.78, 5) is 16.0. The van der Waals surface area contributed by atoms with Gasteiger partial charge in [0.25, 0.3) is 0 Å². The SMILES string of the molecule is CN=C(NCCNC(=O)C1CCCCC1)NC(C)C.I. The summed E-state index contributed by atoms with van der Waals surface area (Å²) in [5.41, 5.74) is 0. The van der Waals surface area contributed by atoms with Crippen molar-refractivity contribution in [2.75, 3.05) is 20.1 Å². The Hall–Kier alpha value is -0.530. The van der Waals surface area contributed by atoms with Gasteiger partial charge in [0.05, 0.1) is 0 Å². The zero-order chi connectivity index (χ0) is 14.1. The highest BCUT2D eigenvalue weighted by Gasteiger charge is 2.20. The molecular weight excluding hydrogens is 367 g/mol. The van der Waals surface area contributed by atoms with Gasteiger partial charge in [0.15, 0.2) is 5.96 Å². The van der Waals surface area contributed by atoms with E-state index in [4.69, 9.17) is 0 Å². The molecule has 0 aromatic rings. The van der Waals surface area contributed by atoms with Gasteiger partial charge in [-0.2, -0.15) is 0 Å². The van der Waals surface area contributed by atoms with Crippen molar-refractivity contribution in [2.24, 2.45) is 10.9 Å². The van der Waals surface area contributed by atoms with E-state index in [0.29, 0.717) is 19.1 Å². The summed E-state index contributed by atoms with van der Waals surface area (Å²) in [6.07, 6.45) is 5.77. The van der Waals surface area contributed by atoms with Crippen LogP contribution in [0.3, 0.4) is 0 Å². The molecule has 0 spiro atoms. The average Bonchev–Trinajstić information content (AvgIpc) is 2.42. The van der Waals surface area contributed by atoms with E-state index >= 15 is 0 Å². The lowest BCUT2D eigenvalue weighted by Crippen LogP contribution is -2.44. The second kappa shape index (κ2) is 11.2. The molecule has 0 bridgehead atoms. The summed E-state index contributed by atoms with van der Waals surface area (Å²) in [6.45, 7) is 5.48. The third-order valence-electron chi connectivity index (χ3n) is 3.34. The molecule has 0 atom stereocenters. The van der Waals surface area contributed by atoms with Gasteiger partial charge in [-0.05, 0) is 26.7 Å². The van der Waals surface area contributed by atoms with Gasteiger partial charge in [-0.15, -0.1) is 24.0 Å². The largest absolute Gasteiger partial charge is 0.355 e. The predicted molar refractivity (Wildman–Crippen MR) is 94.6 cm³/mol. The van der Waals surface area contributed by atoms with E-state index in [9.17, 15) is 4.79 Å². The lowest BCUT2D eigenvalue weighted by molar-refractivity contribution is -0.125. The summed E-state index contributed by atoms with van der Waals surface area (Å²) < 4.78 is 0. The number of guanidine groups is 1.